The number of halogens is 6. The van der Waals surface area contributed by atoms with Crippen LogP contribution in [0.15, 0.2) is 18.2 Å². The van der Waals surface area contributed by atoms with Gasteiger partial charge in [0.15, 0.2) is 0 Å². The molecule has 0 aliphatic carbocycles. The standard InChI is InChI=1S/C13H14F6N2/c14-12(15,16)8-3-4-11(10(20)6-8)21-5-1-2-9(7-21)13(17,18)19/h3-4,6,9H,1-2,5,7,20H2. The van der Waals surface area contributed by atoms with Gasteiger partial charge in [-0.05, 0) is 31.0 Å². The number of hydrogen-bond donors (Lipinski definition) is 1. The zero-order valence-electron chi connectivity index (χ0n) is 10.9. The molecule has 1 saturated heterocycles. The summed E-state index contributed by atoms with van der Waals surface area (Å²) in [7, 11) is 0. The molecule has 2 nitrogen and oxygen atoms in total. The van der Waals surface area contributed by atoms with Gasteiger partial charge in [0.1, 0.15) is 0 Å². The molecule has 21 heavy (non-hydrogen) atoms. The van der Waals surface area contributed by atoms with Crippen LogP contribution in [0.5, 0.6) is 0 Å². The quantitative estimate of drug-likeness (QED) is 0.626. The first-order valence-corrected chi connectivity index (χ1v) is 6.37. The van der Waals surface area contributed by atoms with Gasteiger partial charge in [-0.2, -0.15) is 26.3 Å². The molecule has 0 radical (unpaired) electrons. The normalized spacial score (nSPS) is 20.7. The number of hydrogen-bond acceptors (Lipinski definition) is 2. The summed E-state index contributed by atoms with van der Waals surface area (Å²) in [5.41, 5.74) is 4.73. The van der Waals surface area contributed by atoms with Crippen molar-refractivity contribution < 1.29 is 26.3 Å². The van der Waals surface area contributed by atoms with Crippen LogP contribution in [0.25, 0.3) is 0 Å². The molecule has 1 atom stereocenters. The van der Waals surface area contributed by atoms with Crippen LogP contribution in [0.3, 0.4) is 0 Å². The monoisotopic (exact) mass is 312 g/mol. The van der Waals surface area contributed by atoms with Crippen LogP contribution in [-0.2, 0) is 6.18 Å². The number of nitrogens with zero attached hydrogens (tertiary/aromatic N) is 1. The highest BCUT2D eigenvalue weighted by molar-refractivity contribution is 5.69. The Hall–Kier alpha value is -1.60. The minimum atomic E-state index is -4.52. The maximum absolute atomic E-state index is 12.7. The van der Waals surface area contributed by atoms with E-state index in [1.165, 1.54) is 4.90 Å². The van der Waals surface area contributed by atoms with Crippen molar-refractivity contribution in [3.63, 3.8) is 0 Å². The SMILES string of the molecule is Nc1cc(C(F)(F)F)ccc1N1CCCC(C(F)(F)F)C1. The van der Waals surface area contributed by atoms with E-state index in [1.54, 1.807) is 0 Å². The van der Waals surface area contributed by atoms with Crippen LogP contribution in [0.2, 0.25) is 0 Å². The van der Waals surface area contributed by atoms with E-state index in [1.807, 2.05) is 0 Å². The van der Waals surface area contributed by atoms with E-state index >= 15 is 0 Å². The van der Waals surface area contributed by atoms with Crippen molar-refractivity contribution in [2.24, 2.45) is 5.92 Å². The van der Waals surface area contributed by atoms with Gasteiger partial charge in [0.05, 0.1) is 22.9 Å². The maximum Gasteiger partial charge on any atom is 0.416 e. The molecule has 8 heteroatoms. The van der Waals surface area contributed by atoms with E-state index in [0.29, 0.717) is 13.0 Å². The molecule has 0 amide bonds. The molecule has 1 aliphatic rings. The highest BCUT2D eigenvalue weighted by Gasteiger charge is 2.42. The highest BCUT2D eigenvalue weighted by atomic mass is 19.4. The van der Waals surface area contributed by atoms with Crippen LogP contribution < -0.4 is 10.6 Å². The summed E-state index contributed by atoms with van der Waals surface area (Å²) in [5.74, 6) is -1.48. The van der Waals surface area contributed by atoms with Crippen molar-refractivity contribution in [3.05, 3.63) is 23.8 Å². The van der Waals surface area contributed by atoms with Gasteiger partial charge in [-0.15, -0.1) is 0 Å². The molecule has 0 aromatic heterocycles. The topological polar surface area (TPSA) is 29.3 Å². The van der Waals surface area contributed by atoms with Crippen molar-refractivity contribution in [1.29, 1.82) is 0 Å². The number of alkyl halides is 6. The third-order valence-corrected chi connectivity index (χ3v) is 3.58. The van der Waals surface area contributed by atoms with Crippen molar-refractivity contribution in [1.82, 2.24) is 0 Å². The molecular formula is C13H14F6N2. The van der Waals surface area contributed by atoms with E-state index in [-0.39, 0.29) is 24.3 Å². The lowest BCUT2D eigenvalue weighted by Crippen LogP contribution is -2.42. The van der Waals surface area contributed by atoms with Gasteiger partial charge in [-0.1, -0.05) is 0 Å². The Kier molecular flexibility index (Phi) is 3.99. The first kappa shape index (κ1) is 15.8. The van der Waals surface area contributed by atoms with Gasteiger partial charge in [0, 0.05) is 13.1 Å². The van der Waals surface area contributed by atoms with Gasteiger partial charge >= 0.3 is 12.4 Å². The second-order valence-corrected chi connectivity index (χ2v) is 5.10. The van der Waals surface area contributed by atoms with Gasteiger partial charge in [-0.3, -0.25) is 0 Å². The number of nitrogens with two attached hydrogens (primary N) is 1. The largest absolute Gasteiger partial charge is 0.416 e. The van der Waals surface area contributed by atoms with E-state index in [9.17, 15) is 26.3 Å². The van der Waals surface area contributed by atoms with Gasteiger partial charge < -0.3 is 10.6 Å². The lowest BCUT2D eigenvalue weighted by molar-refractivity contribution is -0.175. The molecule has 1 fully saturated rings. The lowest BCUT2D eigenvalue weighted by atomic mass is 9.96. The summed E-state index contributed by atoms with van der Waals surface area (Å²) in [4.78, 5) is 1.40. The fourth-order valence-electron chi connectivity index (χ4n) is 2.48. The Bertz CT molecular complexity index is 508. The number of rotatable bonds is 1. The third kappa shape index (κ3) is 3.54. The van der Waals surface area contributed by atoms with Crippen LogP contribution in [0, 0.1) is 5.92 Å². The predicted octanol–water partition coefficient (Wildman–Crippen LogP) is 4.07. The maximum atomic E-state index is 12.7. The summed E-state index contributed by atoms with van der Waals surface area (Å²) in [5, 5.41) is 0. The molecule has 118 valence electrons. The van der Waals surface area contributed by atoms with E-state index in [4.69, 9.17) is 5.73 Å². The minimum absolute atomic E-state index is 0.0283. The second kappa shape index (κ2) is 5.31. The third-order valence-electron chi connectivity index (χ3n) is 3.58. The Morgan fingerprint density at radius 3 is 2.29 bits per heavy atom. The van der Waals surface area contributed by atoms with Crippen molar-refractivity contribution in [3.8, 4) is 0 Å². The van der Waals surface area contributed by atoms with E-state index in [0.717, 1.165) is 18.2 Å². The van der Waals surface area contributed by atoms with Gasteiger partial charge in [0.2, 0.25) is 0 Å². The summed E-state index contributed by atoms with van der Waals surface area (Å²) in [6, 6.07) is 2.73. The highest BCUT2D eigenvalue weighted by Crippen LogP contribution is 2.38. The Morgan fingerprint density at radius 1 is 1.10 bits per heavy atom. The van der Waals surface area contributed by atoms with Crippen LogP contribution in [0.4, 0.5) is 37.7 Å². The average Bonchev–Trinajstić information content (AvgIpc) is 2.36. The van der Waals surface area contributed by atoms with Gasteiger partial charge in [-0.25, -0.2) is 0 Å². The molecule has 0 spiro atoms. The molecule has 1 unspecified atom stereocenters. The Labute approximate surface area is 117 Å². The molecule has 1 aromatic rings. The Morgan fingerprint density at radius 2 is 1.76 bits per heavy atom. The smallest absolute Gasteiger partial charge is 0.397 e. The van der Waals surface area contributed by atoms with Crippen molar-refractivity contribution in [2.75, 3.05) is 23.7 Å². The minimum Gasteiger partial charge on any atom is -0.397 e. The molecule has 0 saturated carbocycles. The molecule has 2 rings (SSSR count). The number of piperidine rings is 1. The van der Waals surface area contributed by atoms with Crippen LogP contribution >= 0.6 is 0 Å². The molecular weight excluding hydrogens is 298 g/mol. The van der Waals surface area contributed by atoms with Crippen LogP contribution in [-0.4, -0.2) is 19.3 Å². The van der Waals surface area contributed by atoms with Gasteiger partial charge in [0.25, 0.3) is 0 Å². The zero-order valence-corrected chi connectivity index (χ0v) is 10.9. The molecule has 2 N–H and O–H groups in total. The first-order valence-electron chi connectivity index (χ1n) is 6.37. The predicted molar refractivity (Wildman–Crippen MR) is 66.8 cm³/mol. The van der Waals surface area contributed by atoms with E-state index < -0.39 is 23.8 Å². The summed E-state index contributed by atoms with van der Waals surface area (Å²) in [6.07, 6.45) is -8.48. The fraction of sp³-hybridized carbons (Fsp3) is 0.538. The number of anilines is 2. The molecule has 1 aromatic carbocycles. The molecule has 1 heterocycles. The molecule has 1 aliphatic heterocycles. The average molecular weight is 312 g/mol. The fourth-order valence-corrected chi connectivity index (χ4v) is 2.48. The second-order valence-electron chi connectivity index (χ2n) is 5.10. The van der Waals surface area contributed by atoms with Crippen molar-refractivity contribution in [2.45, 2.75) is 25.2 Å². The zero-order chi connectivity index (χ0) is 15.8. The van der Waals surface area contributed by atoms with E-state index in [2.05, 4.69) is 0 Å². The Balaban J connectivity index is 2.22. The van der Waals surface area contributed by atoms with Crippen molar-refractivity contribution >= 4 is 11.4 Å². The number of benzene rings is 1. The number of nitrogen functional groups attached to an aromatic ring is 1. The lowest BCUT2D eigenvalue weighted by Gasteiger charge is -2.36. The molecule has 0 bridgehead atoms. The summed E-state index contributed by atoms with van der Waals surface area (Å²) < 4.78 is 75.9. The first-order chi connectivity index (χ1) is 9.59. The summed E-state index contributed by atoms with van der Waals surface area (Å²) in [6.45, 7) is 0.0706. The summed E-state index contributed by atoms with van der Waals surface area (Å²) >= 11 is 0. The van der Waals surface area contributed by atoms with Crippen LogP contribution in [0.1, 0.15) is 18.4 Å².